The van der Waals surface area contributed by atoms with Crippen LogP contribution in [0.2, 0.25) is 0 Å². The van der Waals surface area contributed by atoms with Crippen molar-refractivity contribution in [3.63, 3.8) is 0 Å². The molecule has 1 amide bonds. The zero-order chi connectivity index (χ0) is 19.5. The Labute approximate surface area is 185 Å². The molecule has 0 aliphatic carbocycles. The number of rotatable bonds is 7. The number of hydrogen-bond acceptors (Lipinski definition) is 4. The minimum Gasteiger partial charge on any atom is -0.497 e. The number of halogens is 1. The molecule has 7 nitrogen and oxygen atoms in total. The first-order valence-corrected chi connectivity index (χ1v) is 9.75. The van der Waals surface area contributed by atoms with Crippen molar-refractivity contribution in [1.29, 1.82) is 0 Å². The molecule has 0 spiro atoms. The second-order valence-electron chi connectivity index (χ2n) is 6.36. The molecule has 1 heterocycles. The summed E-state index contributed by atoms with van der Waals surface area (Å²) in [5.41, 5.74) is 1.26. The van der Waals surface area contributed by atoms with E-state index in [0.29, 0.717) is 19.7 Å². The monoisotopic (exact) mass is 504 g/mol. The fourth-order valence-electron chi connectivity index (χ4n) is 3.04. The van der Waals surface area contributed by atoms with Gasteiger partial charge in [0.05, 0.1) is 13.7 Å². The van der Waals surface area contributed by atoms with Gasteiger partial charge >= 0.3 is 6.09 Å². The Morgan fingerprint density at radius 2 is 1.89 bits per heavy atom. The topological polar surface area (TPSA) is 66.4 Å². The van der Waals surface area contributed by atoms with Gasteiger partial charge < -0.3 is 24.6 Å². The van der Waals surface area contributed by atoms with Crippen molar-refractivity contribution in [1.82, 2.24) is 15.1 Å². The number of amides is 1. The molecule has 0 saturated carbocycles. The molecule has 0 bridgehead atoms. The lowest BCUT2D eigenvalue weighted by Crippen LogP contribution is -2.53. The summed E-state index contributed by atoms with van der Waals surface area (Å²) < 4.78 is 10.3. The number of guanidine groups is 1. The van der Waals surface area contributed by atoms with Gasteiger partial charge in [0.1, 0.15) is 5.75 Å². The normalized spacial score (nSPS) is 14.3. The standard InChI is InChI=1S/C20H32N4O3.HI/c1-4-21-19(23-12-14-24(15-13-23)20(25)27-5-2)22-11-7-9-17-8-6-10-18(16-17)26-3;/h6,8,10,16H,4-5,7,9,11-15H2,1-3H3,(H,21,22);1H. The smallest absolute Gasteiger partial charge is 0.409 e. The van der Waals surface area contributed by atoms with Crippen LogP contribution >= 0.6 is 24.0 Å². The molecular weight excluding hydrogens is 471 g/mol. The fourth-order valence-corrected chi connectivity index (χ4v) is 3.04. The summed E-state index contributed by atoms with van der Waals surface area (Å²) in [5.74, 6) is 1.82. The number of piperazine rings is 1. The number of ether oxygens (including phenoxy) is 2. The Morgan fingerprint density at radius 1 is 1.18 bits per heavy atom. The number of hydrogen-bond donors (Lipinski definition) is 1. The van der Waals surface area contributed by atoms with Gasteiger partial charge in [-0.2, -0.15) is 0 Å². The first-order chi connectivity index (χ1) is 13.2. The lowest BCUT2D eigenvalue weighted by Gasteiger charge is -2.35. The van der Waals surface area contributed by atoms with Crippen LogP contribution in [0, 0.1) is 0 Å². The van der Waals surface area contributed by atoms with Crippen molar-refractivity contribution >= 4 is 36.0 Å². The van der Waals surface area contributed by atoms with Gasteiger partial charge in [-0.05, 0) is 44.4 Å². The lowest BCUT2D eigenvalue weighted by atomic mass is 10.1. The summed E-state index contributed by atoms with van der Waals surface area (Å²) in [6, 6.07) is 8.17. The third kappa shape index (κ3) is 7.73. The van der Waals surface area contributed by atoms with E-state index in [4.69, 9.17) is 14.5 Å². The number of carbonyl (C=O) groups excluding carboxylic acids is 1. The molecule has 1 N–H and O–H groups in total. The van der Waals surface area contributed by atoms with Gasteiger partial charge in [-0.25, -0.2) is 4.79 Å². The van der Waals surface area contributed by atoms with Crippen molar-refractivity contribution in [2.75, 3.05) is 53.0 Å². The Balaban J connectivity index is 0.00000392. The maximum absolute atomic E-state index is 11.8. The van der Waals surface area contributed by atoms with Crippen molar-refractivity contribution < 1.29 is 14.3 Å². The predicted octanol–water partition coefficient (Wildman–Crippen LogP) is 2.99. The molecule has 1 aliphatic rings. The van der Waals surface area contributed by atoms with Gasteiger partial charge in [-0.3, -0.25) is 4.99 Å². The summed E-state index contributed by atoms with van der Waals surface area (Å²) in [7, 11) is 1.69. The van der Waals surface area contributed by atoms with E-state index in [0.717, 1.165) is 50.7 Å². The molecule has 8 heteroatoms. The zero-order valence-electron chi connectivity index (χ0n) is 17.1. The number of benzene rings is 1. The van der Waals surface area contributed by atoms with Crippen LogP contribution in [-0.2, 0) is 11.2 Å². The second kappa shape index (κ2) is 13.5. The van der Waals surface area contributed by atoms with E-state index >= 15 is 0 Å². The largest absolute Gasteiger partial charge is 0.497 e. The molecule has 0 unspecified atom stereocenters. The fraction of sp³-hybridized carbons (Fsp3) is 0.600. The Kier molecular flexibility index (Phi) is 11.7. The summed E-state index contributed by atoms with van der Waals surface area (Å²) in [5, 5.41) is 3.36. The maximum Gasteiger partial charge on any atom is 0.409 e. The highest BCUT2D eigenvalue weighted by Crippen LogP contribution is 2.14. The molecule has 1 aliphatic heterocycles. The number of carbonyl (C=O) groups is 1. The molecule has 1 fully saturated rings. The summed E-state index contributed by atoms with van der Waals surface area (Å²) in [6.45, 7) is 8.75. The Bertz CT molecular complexity index is 619. The zero-order valence-corrected chi connectivity index (χ0v) is 19.5. The molecule has 2 rings (SSSR count). The number of aryl methyl sites for hydroxylation is 1. The lowest BCUT2D eigenvalue weighted by molar-refractivity contribution is 0.0914. The minimum absolute atomic E-state index is 0. The molecular formula is C20H33IN4O3. The van der Waals surface area contributed by atoms with Gasteiger partial charge in [0.15, 0.2) is 5.96 Å². The Hall–Kier alpha value is -1.71. The van der Waals surface area contributed by atoms with E-state index < -0.39 is 0 Å². The van der Waals surface area contributed by atoms with Crippen LogP contribution in [0.25, 0.3) is 0 Å². The summed E-state index contributed by atoms with van der Waals surface area (Å²) in [4.78, 5) is 20.6. The number of aliphatic imine (C=N–C) groups is 1. The van der Waals surface area contributed by atoms with Gasteiger partial charge in [0.25, 0.3) is 0 Å². The predicted molar refractivity (Wildman–Crippen MR) is 123 cm³/mol. The van der Waals surface area contributed by atoms with Gasteiger partial charge in [0.2, 0.25) is 0 Å². The van der Waals surface area contributed by atoms with Crippen LogP contribution in [0.15, 0.2) is 29.3 Å². The molecule has 28 heavy (non-hydrogen) atoms. The van der Waals surface area contributed by atoms with E-state index in [-0.39, 0.29) is 30.1 Å². The van der Waals surface area contributed by atoms with Crippen molar-refractivity contribution in [3.05, 3.63) is 29.8 Å². The van der Waals surface area contributed by atoms with Crippen LogP contribution in [0.5, 0.6) is 5.75 Å². The van der Waals surface area contributed by atoms with Gasteiger partial charge in [-0.15, -0.1) is 24.0 Å². The van der Waals surface area contributed by atoms with Crippen LogP contribution in [0.4, 0.5) is 4.79 Å². The average molecular weight is 504 g/mol. The molecule has 0 atom stereocenters. The average Bonchev–Trinajstić information content (AvgIpc) is 2.71. The van der Waals surface area contributed by atoms with Crippen molar-refractivity contribution in [2.45, 2.75) is 26.7 Å². The highest BCUT2D eigenvalue weighted by molar-refractivity contribution is 14.0. The van der Waals surface area contributed by atoms with Gasteiger partial charge in [-0.1, -0.05) is 12.1 Å². The molecule has 158 valence electrons. The van der Waals surface area contributed by atoms with Crippen LogP contribution in [-0.4, -0.2) is 74.8 Å². The van der Waals surface area contributed by atoms with E-state index in [1.165, 1.54) is 5.56 Å². The van der Waals surface area contributed by atoms with Crippen LogP contribution in [0.3, 0.4) is 0 Å². The molecule has 0 radical (unpaired) electrons. The van der Waals surface area contributed by atoms with Crippen molar-refractivity contribution in [3.8, 4) is 5.75 Å². The molecule has 1 aromatic carbocycles. The van der Waals surface area contributed by atoms with Gasteiger partial charge in [0, 0.05) is 39.3 Å². The third-order valence-corrected chi connectivity index (χ3v) is 4.46. The first-order valence-electron chi connectivity index (χ1n) is 9.75. The van der Waals surface area contributed by atoms with Crippen molar-refractivity contribution in [2.24, 2.45) is 4.99 Å². The third-order valence-electron chi connectivity index (χ3n) is 4.46. The number of methoxy groups -OCH3 is 1. The minimum atomic E-state index is -0.225. The summed E-state index contributed by atoms with van der Waals surface area (Å²) >= 11 is 0. The van der Waals surface area contributed by atoms with E-state index in [2.05, 4.69) is 29.3 Å². The number of nitrogens with zero attached hydrogens (tertiary/aromatic N) is 3. The highest BCUT2D eigenvalue weighted by Gasteiger charge is 2.23. The first kappa shape index (κ1) is 24.3. The summed E-state index contributed by atoms with van der Waals surface area (Å²) in [6.07, 6.45) is 1.72. The highest BCUT2D eigenvalue weighted by atomic mass is 127. The molecule has 1 aromatic rings. The molecule has 1 saturated heterocycles. The van der Waals surface area contributed by atoms with Crippen LogP contribution in [0.1, 0.15) is 25.8 Å². The van der Waals surface area contributed by atoms with Crippen LogP contribution < -0.4 is 10.1 Å². The Morgan fingerprint density at radius 3 is 2.54 bits per heavy atom. The SMILES string of the molecule is CCNC(=NCCCc1cccc(OC)c1)N1CCN(C(=O)OCC)CC1.I. The maximum atomic E-state index is 11.8. The van der Waals surface area contributed by atoms with E-state index in [9.17, 15) is 4.79 Å². The second-order valence-corrected chi connectivity index (χ2v) is 6.36. The van der Waals surface area contributed by atoms with E-state index in [1.807, 2.05) is 19.1 Å². The quantitative estimate of drug-likeness (QED) is 0.268. The molecule has 0 aromatic heterocycles. The van der Waals surface area contributed by atoms with E-state index in [1.54, 1.807) is 12.0 Å². The number of nitrogens with one attached hydrogen (secondary N) is 1.